The molecule has 258 valence electrons. The molecule has 2 aromatic carbocycles. The number of phenolic OH excluding ortho intramolecular Hbond substituents is 2. The van der Waals surface area contributed by atoms with Gasteiger partial charge in [-0.15, -0.1) is 0 Å². The molecule has 0 unspecified atom stereocenters. The number of nitrogens with two attached hydrogens (primary N) is 1. The Balaban J connectivity index is 1.29. The van der Waals surface area contributed by atoms with Crippen molar-refractivity contribution in [3.05, 3.63) is 51.6 Å². The Morgan fingerprint density at radius 2 is 1.90 bits per heavy atom. The monoisotopic (exact) mass is 669 g/mol. The molecule has 15 nitrogen and oxygen atoms in total. The van der Waals surface area contributed by atoms with Gasteiger partial charge in [0.1, 0.15) is 29.0 Å². The van der Waals surface area contributed by atoms with Crippen LogP contribution in [0.4, 0.5) is 0 Å². The van der Waals surface area contributed by atoms with Crippen LogP contribution in [-0.4, -0.2) is 121 Å². The number of nitrogens with one attached hydrogen (secondary N) is 1. The number of fused-ring (bicyclic) bond motifs is 6. The SMILES string of the molecule is COc1cccc2c1C(=O)c1c(O)c3c(c(O)c1C2=O)C[C@@](O)(C(=O)NCCN)C[C@@H]3O[C@@H]1C[C@H]2[C@H](O[C@@H]3[C@@H](OC)OCCN32)[C@H](C)O1. The maximum atomic E-state index is 14.0. The molecule has 3 heterocycles. The average Bonchev–Trinajstić information content (AvgIpc) is 3.46. The number of amides is 1. The van der Waals surface area contributed by atoms with Gasteiger partial charge in [0.15, 0.2) is 24.6 Å². The van der Waals surface area contributed by atoms with Gasteiger partial charge in [-0.3, -0.25) is 19.3 Å². The van der Waals surface area contributed by atoms with Gasteiger partial charge in [-0.1, -0.05) is 12.1 Å². The summed E-state index contributed by atoms with van der Waals surface area (Å²) in [6.07, 6.45) is -4.54. The summed E-state index contributed by atoms with van der Waals surface area (Å²) in [6, 6.07) is 4.32. The zero-order chi connectivity index (χ0) is 34.1. The van der Waals surface area contributed by atoms with E-state index in [1.54, 1.807) is 7.11 Å². The Bertz CT molecular complexity index is 1670. The summed E-state index contributed by atoms with van der Waals surface area (Å²) in [6.45, 7) is 3.04. The highest BCUT2D eigenvalue weighted by Gasteiger charge is 2.55. The molecule has 2 aliphatic carbocycles. The van der Waals surface area contributed by atoms with E-state index in [1.807, 2.05) is 6.92 Å². The zero-order valence-electron chi connectivity index (χ0n) is 26.8. The predicted octanol–water partition coefficient (Wildman–Crippen LogP) is 0.225. The average molecular weight is 670 g/mol. The molecule has 0 bridgehead atoms. The smallest absolute Gasteiger partial charge is 0.252 e. The summed E-state index contributed by atoms with van der Waals surface area (Å²) in [5.74, 6) is -3.32. The Morgan fingerprint density at radius 3 is 2.62 bits per heavy atom. The number of carbonyl (C=O) groups is 3. The van der Waals surface area contributed by atoms with Crippen LogP contribution in [0.2, 0.25) is 0 Å². The fourth-order valence-corrected chi connectivity index (χ4v) is 7.85. The van der Waals surface area contributed by atoms with Crippen LogP contribution in [0.5, 0.6) is 17.2 Å². The lowest BCUT2D eigenvalue weighted by atomic mass is 9.72. The summed E-state index contributed by atoms with van der Waals surface area (Å²) < 4.78 is 35.6. The molecule has 5 aliphatic rings. The first-order valence-electron chi connectivity index (χ1n) is 16.0. The molecule has 8 atom stereocenters. The number of aromatic hydroxyl groups is 2. The lowest BCUT2D eigenvalue weighted by molar-refractivity contribution is -0.256. The third-order valence-corrected chi connectivity index (χ3v) is 10.0. The van der Waals surface area contributed by atoms with E-state index in [9.17, 15) is 29.7 Å². The first-order valence-corrected chi connectivity index (χ1v) is 16.0. The van der Waals surface area contributed by atoms with Crippen LogP contribution in [0.15, 0.2) is 18.2 Å². The highest BCUT2D eigenvalue weighted by atomic mass is 16.7. The van der Waals surface area contributed by atoms with E-state index in [0.717, 1.165) is 0 Å². The van der Waals surface area contributed by atoms with E-state index in [1.165, 1.54) is 25.3 Å². The van der Waals surface area contributed by atoms with Gasteiger partial charge in [0.05, 0.1) is 42.6 Å². The van der Waals surface area contributed by atoms with E-state index in [-0.39, 0.29) is 59.7 Å². The molecule has 6 N–H and O–H groups in total. The summed E-state index contributed by atoms with van der Waals surface area (Å²) in [5.41, 5.74) is 2.41. The number of rotatable bonds is 7. The van der Waals surface area contributed by atoms with Gasteiger partial charge in [0.2, 0.25) is 5.78 Å². The number of ether oxygens (including phenoxy) is 6. The number of ketones is 2. The standard InChI is InChI=1S/C33H39N3O12/c1-14-29-17(36-9-10-45-31(44-3)30(36)48-29)11-20(46-14)47-19-13-33(42,32(41)35-8-7-34)12-16-22(19)28(40)24-23(26(16)38)25(37)15-5-4-6-18(43-2)21(15)27(24)39/h4-6,14,17,19-20,29-31,38,40,42H,7-13,34H2,1-3H3,(H,35,41)/t14-,17-,19-,20+,29+,30+,31-,33-/m0/s1. The van der Waals surface area contributed by atoms with Gasteiger partial charge in [0, 0.05) is 68.7 Å². The van der Waals surface area contributed by atoms with E-state index >= 15 is 0 Å². The number of phenols is 2. The number of methoxy groups -OCH3 is 2. The minimum absolute atomic E-state index is 0.0175. The normalized spacial score (nSPS) is 32.5. The van der Waals surface area contributed by atoms with Crippen LogP contribution in [0.1, 0.15) is 68.8 Å². The molecule has 0 saturated carbocycles. The van der Waals surface area contributed by atoms with E-state index in [2.05, 4.69) is 10.2 Å². The summed E-state index contributed by atoms with van der Waals surface area (Å²) in [5, 5.41) is 37.9. The largest absolute Gasteiger partial charge is 0.507 e. The molecule has 48 heavy (non-hydrogen) atoms. The molecule has 2 aromatic rings. The van der Waals surface area contributed by atoms with Crippen LogP contribution in [0.3, 0.4) is 0 Å². The van der Waals surface area contributed by atoms with Crippen molar-refractivity contribution in [2.24, 2.45) is 5.73 Å². The van der Waals surface area contributed by atoms with Crippen LogP contribution in [0.25, 0.3) is 0 Å². The van der Waals surface area contributed by atoms with Crippen LogP contribution < -0.4 is 15.8 Å². The van der Waals surface area contributed by atoms with E-state index in [0.29, 0.717) is 19.6 Å². The number of morpholine rings is 1. The van der Waals surface area contributed by atoms with Crippen molar-refractivity contribution in [2.45, 2.75) is 74.9 Å². The second-order valence-corrected chi connectivity index (χ2v) is 12.7. The number of aliphatic hydroxyl groups is 1. The van der Waals surface area contributed by atoms with Crippen molar-refractivity contribution in [3.63, 3.8) is 0 Å². The van der Waals surface area contributed by atoms with Gasteiger partial charge >= 0.3 is 0 Å². The van der Waals surface area contributed by atoms with E-state index in [4.69, 9.17) is 34.2 Å². The predicted molar refractivity (Wildman–Crippen MR) is 164 cm³/mol. The van der Waals surface area contributed by atoms with Crippen molar-refractivity contribution < 1.29 is 58.1 Å². The minimum Gasteiger partial charge on any atom is -0.507 e. The molecule has 0 spiro atoms. The Labute approximate surface area is 275 Å². The molecular weight excluding hydrogens is 630 g/mol. The Morgan fingerprint density at radius 1 is 1.12 bits per heavy atom. The third-order valence-electron chi connectivity index (χ3n) is 10.0. The number of benzene rings is 2. The lowest BCUT2D eigenvalue weighted by Gasteiger charge is -2.43. The maximum absolute atomic E-state index is 14.0. The van der Waals surface area contributed by atoms with Gasteiger partial charge in [-0.05, 0) is 13.0 Å². The van der Waals surface area contributed by atoms with Gasteiger partial charge in [0.25, 0.3) is 5.91 Å². The summed E-state index contributed by atoms with van der Waals surface area (Å²) in [7, 11) is 2.90. The molecule has 3 saturated heterocycles. The second kappa shape index (κ2) is 12.3. The molecule has 0 aromatic heterocycles. The topological polar surface area (TPSA) is 209 Å². The number of hydrogen-bond acceptors (Lipinski definition) is 14. The molecule has 3 aliphatic heterocycles. The van der Waals surface area contributed by atoms with Crippen molar-refractivity contribution in [1.29, 1.82) is 0 Å². The molecule has 15 heteroatoms. The molecule has 3 fully saturated rings. The lowest BCUT2D eigenvalue weighted by Crippen LogP contribution is -2.55. The van der Waals surface area contributed by atoms with Crippen LogP contribution >= 0.6 is 0 Å². The zero-order valence-corrected chi connectivity index (χ0v) is 26.8. The number of nitrogens with zero attached hydrogens (tertiary/aromatic N) is 1. The first kappa shape index (κ1) is 32.9. The molecule has 0 radical (unpaired) electrons. The van der Waals surface area contributed by atoms with Crippen molar-refractivity contribution in [3.8, 4) is 17.2 Å². The first-order chi connectivity index (χ1) is 23.0. The van der Waals surface area contributed by atoms with Crippen LogP contribution in [0, 0.1) is 0 Å². The minimum atomic E-state index is -2.14. The summed E-state index contributed by atoms with van der Waals surface area (Å²) in [4.78, 5) is 43.2. The molecule has 1 amide bonds. The summed E-state index contributed by atoms with van der Waals surface area (Å²) >= 11 is 0. The number of hydrogen-bond donors (Lipinski definition) is 5. The highest BCUT2D eigenvalue weighted by molar-refractivity contribution is 6.31. The van der Waals surface area contributed by atoms with Gasteiger partial charge in [-0.25, -0.2) is 0 Å². The highest BCUT2D eigenvalue weighted by Crippen LogP contribution is 2.53. The second-order valence-electron chi connectivity index (χ2n) is 12.7. The fourth-order valence-electron chi connectivity index (χ4n) is 7.85. The fraction of sp³-hybridized carbons (Fsp3) is 0.545. The van der Waals surface area contributed by atoms with E-state index < -0.39 is 83.1 Å². The maximum Gasteiger partial charge on any atom is 0.252 e. The quantitative estimate of drug-likeness (QED) is 0.213. The Kier molecular flexibility index (Phi) is 8.44. The van der Waals surface area contributed by atoms with Crippen LogP contribution in [-0.2, 0) is 34.9 Å². The Hall–Kier alpha value is -3.67. The molecular formula is C33H39N3O12. The van der Waals surface area contributed by atoms with Gasteiger partial charge in [-0.2, -0.15) is 0 Å². The van der Waals surface area contributed by atoms with Crippen molar-refractivity contribution >= 4 is 17.5 Å². The van der Waals surface area contributed by atoms with Crippen molar-refractivity contribution in [2.75, 3.05) is 40.5 Å². The van der Waals surface area contributed by atoms with Gasteiger partial charge < -0.3 is 54.8 Å². The molecule has 7 rings (SSSR count). The van der Waals surface area contributed by atoms with Crippen molar-refractivity contribution in [1.82, 2.24) is 10.2 Å². The third kappa shape index (κ3) is 4.99. The number of carbonyl (C=O) groups excluding carboxylic acids is 3.